The van der Waals surface area contributed by atoms with Crippen LogP contribution in [0.25, 0.3) is 10.9 Å². The van der Waals surface area contributed by atoms with Crippen molar-refractivity contribution >= 4 is 40.0 Å². The van der Waals surface area contributed by atoms with E-state index in [-0.39, 0.29) is 41.7 Å². The number of carbonyl (C=O) groups is 3. The molecule has 4 aliphatic heterocycles. The molecule has 0 unspecified atom stereocenters. The van der Waals surface area contributed by atoms with Crippen LogP contribution in [0.15, 0.2) is 71.5 Å². The summed E-state index contributed by atoms with van der Waals surface area (Å²) < 4.78 is 6.28. The molecule has 2 amide bonds. The van der Waals surface area contributed by atoms with E-state index < -0.39 is 11.5 Å². The van der Waals surface area contributed by atoms with Gasteiger partial charge in [0.1, 0.15) is 11.9 Å². The lowest BCUT2D eigenvalue weighted by atomic mass is 9.72. The number of pyridine rings is 1. The Hall–Kier alpha value is -4.56. The Morgan fingerprint density at radius 2 is 1.66 bits per heavy atom. The quantitative estimate of drug-likeness (QED) is 0.101. The minimum atomic E-state index is -0.841. The third-order valence-electron chi connectivity index (χ3n) is 11.2. The second kappa shape index (κ2) is 16.2. The van der Waals surface area contributed by atoms with Crippen molar-refractivity contribution in [3.05, 3.63) is 98.0 Å². The molecule has 2 bridgehead atoms. The monoisotopic (exact) mass is 741 g/mol. The van der Waals surface area contributed by atoms with E-state index in [2.05, 4.69) is 20.5 Å². The summed E-state index contributed by atoms with van der Waals surface area (Å²) in [6, 6.07) is 19.3. The van der Waals surface area contributed by atoms with Crippen LogP contribution in [0.2, 0.25) is 0 Å². The molecule has 4 aliphatic rings. The maximum absolute atomic E-state index is 14.0. The number of likely N-dealkylation sites (tertiary alicyclic amines) is 1. The number of H-pyrrole nitrogens is 1. The van der Waals surface area contributed by atoms with Gasteiger partial charge in [-0.15, -0.1) is 11.3 Å². The van der Waals surface area contributed by atoms with Crippen LogP contribution in [-0.2, 0) is 14.9 Å². The van der Waals surface area contributed by atoms with Crippen LogP contribution in [0.4, 0.5) is 0 Å². The lowest BCUT2D eigenvalue weighted by Crippen LogP contribution is -2.55. The number of rotatable bonds is 13. The molecule has 4 fully saturated rings. The number of esters is 1. The molecule has 2 aromatic carbocycles. The van der Waals surface area contributed by atoms with E-state index in [0.29, 0.717) is 77.6 Å². The van der Waals surface area contributed by atoms with Gasteiger partial charge in [0.25, 0.3) is 11.8 Å². The standard InChI is InChI=1S/C40H47N5O7S/c46-30-10-8-28(29-9-13-35(48)43-36(29)30)31(47)24-41-18-4-5-19-42-37(49)33-11-12-34(53-33)38(50)45-22-16-40(17-23-45,27-6-2-1-3-7-27)39(51)52-32-25-44-20-14-26(32)15-21-44/h1-3,6-13,26,31-32,41,46-47H,4-5,14-25H2,(H,42,49)(H,43,48)/t31-,32-/m0/s1. The Labute approximate surface area is 312 Å². The van der Waals surface area contributed by atoms with E-state index in [9.17, 15) is 29.4 Å². The average molecular weight is 742 g/mol. The van der Waals surface area contributed by atoms with Crippen molar-refractivity contribution < 1.29 is 29.3 Å². The number of fused-ring (bicyclic) bond motifs is 4. The highest BCUT2D eigenvalue weighted by molar-refractivity contribution is 7.15. The summed E-state index contributed by atoms with van der Waals surface area (Å²) in [6.45, 7) is 5.15. The topological polar surface area (TPSA) is 164 Å². The fourth-order valence-corrected chi connectivity index (χ4v) is 8.94. The SMILES string of the molecule is O=C(NCCCCNC[C@H](O)c1ccc(O)c2[nH]c(=O)ccc12)c1ccc(C(=O)N2CCC(C(=O)O[C@H]3CN4CCC3CC4)(c3ccccc3)CC2)s1. The van der Waals surface area contributed by atoms with E-state index in [0.717, 1.165) is 44.5 Å². The number of unbranched alkanes of at least 4 members (excludes halogenated alkanes) is 1. The minimum Gasteiger partial charge on any atom is -0.506 e. The molecule has 0 saturated carbocycles. The number of aromatic hydroxyl groups is 1. The van der Waals surface area contributed by atoms with E-state index in [1.165, 1.54) is 23.5 Å². The van der Waals surface area contributed by atoms with Gasteiger partial charge in [-0.05, 0) is 99.5 Å². The van der Waals surface area contributed by atoms with Gasteiger partial charge in [-0.3, -0.25) is 24.1 Å². The highest BCUT2D eigenvalue weighted by atomic mass is 32.1. The molecular formula is C40H47N5O7S. The van der Waals surface area contributed by atoms with E-state index >= 15 is 0 Å². The number of carbonyl (C=O) groups excluding carboxylic acids is 3. The number of piperidine rings is 4. The number of aliphatic hydroxyl groups excluding tert-OH is 1. The molecule has 13 heteroatoms. The number of phenolic OH excluding ortho intramolecular Hbond substituents is 1. The Kier molecular flexibility index (Phi) is 11.3. The van der Waals surface area contributed by atoms with Gasteiger partial charge in [0, 0.05) is 44.2 Å². The molecule has 0 spiro atoms. The molecular weight excluding hydrogens is 695 g/mol. The zero-order chi connectivity index (χ0) is 37.0. The fourth-order valence-electron chi connectivity index (χ4n) is 8.05. The van der Waals surface area contributed by atoms with Gasteiger partial charge in [-0.25, -0.2) is 0 Å². The average Bonchev–Trinajstić information content (AvgIpc) is 3.69. The maximum Gasteiger partial charge on any atom is 0.317 e. The minimum absolute atomic E-state index is 0.0548. The van der Waals surface area contributed by atoms with Crippen LogP contribution >= 0.6 is 11.3 Å². The van der Waals surface area contributed by atoms with E-state index in [4.69, 9.17) is 4.74 Å². The predicted molar refractivity (Wildman–Crippen MR) is 202 cm³/mol. The second-order valence-electron chi connectivity index (χ2n) is 14.5. The van der Waals surface area contributed by atoms with Crippen molar-refractivity contribution in [2.75, 3.05) is 52.4 Å². The molecule has 8 rings (SSSR count). The third kappa shape index (κ3) is 8.03. The number of phenols is 1. The zero-order valence-corrected chi connectivity index (χ0v) is 30.5. The van der Waals surface area contributed by atoms with E-state index in [1.807, 2.05) is 30.3 Å². The van der Waals surface area contributed by atoms with Crippen molar-refractivity contribution in [2.45, 2.75) is 56.1 Å². The summed E-state index contributed by atoms with van der Waals surface area (Å²) in [5.41, 5.74) is 0.694. The summed E-state index contributed by atoms with van der Waals surface area (Å²) in [4.78, 5) is 59.8. The van der Waals surface area contributed by atoms with Gasteiger partial charge in [0.2, 0.25) is 5.56 Å². The van der Waals surface area contributed by atoms with Crippen molar-refractivity contribution in [1.29, 1.82) is 0 Å². The summed E-state index contributed by atoms with van der Waals surface area (Å²) in [5.74, 6) is -0.182. The van der Waals surface area contributed by atoms with Crippen LogP contribution in [0.5, 0.6) is 5.75 Å². The number of nitrogens with zero attached hydrogens (tertiary/aromatic N) is 2. The maximum atomic E-state index is 14.0. The normalized spacial score (nSPS) is 21.3. The number of hydrogen-bond donors (Lipinski definition) is 5. The molecule has 4 aromatic rings. The molecule has 4 saturated heterocycles. The molecule has 53 heavy (non-hydrogen) atoms. The first-order chi connectivity index (χ1) is 25.7. The van der Waals surface area contributed by atoms with Crippen LogP contribution in [-0.4, -0.2) is 101 Å². The smallest absolute Gasteiger partial charge is 0.317 e. The van der Waals surface area contributed by atoms with Crippen molar-refractivity contribution in [3.8, 4) is 5.75 Å². The van der Waals surface area contributed by atoms with Crippen molar-refractivity contribution in [2.24, 2.45) is 5.92 Å². The van der Waals surface area contributed by atoms with Crippen LogP contribution in [0.3, 0.4) is 0 Å². The number of aromatic amines is 1. The van der Waals surface area contributed by atoms with Gasteiger partial charge in [0.15, 0.2) is 0 Å². The number of thiophene rings is 1. The molecule has 280 valence electrons. The van der Waals surface area contributed by atoms with Gasteiger partial charge in [-0.2, -0.15) is 0 Å². The van der Waals surface area contributed by atoms with Crippen molar-refractivity contribution in [3.63, 3.8) is 0 Å². The number of aromatic nitrogens is 1. The summed E-state index contributed by atoms with van der Waals surface area (Å²) >= 11 is 1.18. The predicted octanol–water partition coefficient (Wildman–Crippen LogP) is 3.94. The number of amides is 2. The van der Waals surface area contributed by atoms with E-state index in [1.54, 1.807) is 29.2 Å². The Morgan fingerprint density at radius 3 is 2.40 bits per heavy atom. The van der Waals surface area contributed by atoms with Crippen molar-refractivity contribution in [1.82, 2.24) is 25.4 Å². The van der Waals surface area contributed by atoms with Gasteiger partial charge in [-0.1, -0.05) is 36.4 Å². The van der Waals surface area contributed by atoms with Gasteiger partial charge >= 0.3 is 5.97 Å². The molecule has 6 heterocycles. The molecule has 2 atom stereocenters. The van der Waals surface area contributed by atoms with Crippen LogP contribution < -0.4 is 16.2 Å². The molecule has 0 aliphatic carbocycles. The van der Waals surface area contributed by atoms with Gasteiger partial charge in [0.05, 0.1) is 26.8 Å². The Bertz CT molecular complexity index is 1980. The number of aliphatic hydroxyl groups is 1. The molecule has 5 N–H and O–H groups in total. The molecule has 12 nitrogen and oxygen atoms in total. The van der Waals surface area contributed by atoms with Crippen LogP contribution in [0, 0.1) is 5.92 Å². The largest absolute Gasteiger partial charge is 0.506 e. The van der Waals surface area contributed by atoms with Crippen LogP contribution in [0.1, 0.15) is 75.1 Å². The Morgan fingerprint density at radius 1 is 0.925 bits per heavy atom. The fraction of sp³-hybridized carbons (Fsp3) is 0.450. The number of ether oxygens (including phenoxy) is 1. The lowest BCUT2D eigenvalue weighted by Gasteiger charge is -2.46. The first kappa shape index (κ1) is 36.8. The molecule has 0 radical (unpaired) electrons. The first-order valence-corrected chi connectivity index (χ1v) is 19.4. The second-order valence-corrected chi connectivity index (χ2v) is 15.5. The molecule has 2 aromatic heterocycles. The number of hydrogen-bond acceptors (Lipinski definition) is 10. The lowest BCUT2D eigenvalue weighted by molar-refractivity contribution is -0.167. The third-order valence-corrected chi connectivity index (χ3v) is 12.3. The summed E-state index contributed by atoms with van der Waals surface area (Å²) in [7, 11) is 0. The highest BCUT2D eigenvalue weighted by Crippen LogP contribution is 2.40. The van der Waals surface area contributed by atoms with Gasteiger partial charge < -0.3 is 35.5 Å². The Balaban J connectivity index is 0.858. The zero-order valence-electron chi connectivity index (χ0n) is 29.7. The summed E-state index contributed by atoms with van der Waals surface area (Å²) in [6.07, 6.45) is 3.65. The number of benzene rings is 2. The number of nitrogens with one attached hydrogen (secondary N) is 3. The highest BCUT2D eigenvalue weighted by Gasteiger charge is 2.47. The summed E-state index contributed by atoms with van der Waals surface area (Å²) in [5, 5.41) is 27.5. The first-order valence-electron chi connectivity index (χ1n) is 18.6.